The molecule has 1 saturated carbocycles. The monoisotopic (exact) mass is 545 g/mol. The van der Waals surface area contributed by atoms with Gasteiger partial charge >= 0.3 is 6.18 Å². The number of pyridine rings is 1. The van der Waals surface area contributed by atoms with Crippen molar-refractivity contribution in [2.24, 2.45) is 0 Å². The van der Waals surface area contributed by atoms with Crippen LogP contribution in [0.5, 0.6) is 0 Å². The fraction of sp³-hybridized carbons (Fsp3) is 0.500. The highest BCUT2D eigenvalue weighted by molar-refractivity contribution is 6.04. The number of halogens is 4. The lowest BCUT2D eigenvalue weighted by Gasteiger charge is -2.35. The SMILES string of the molecule is CC(F)(c1ccc(N(C(=O)[C@H]2CCCN2C#N)C(C(=O)NC2CCCCC2)c2cccnc2)cc1)C(F)(F)F. The molecule has 1 aliphatic heterocycles. The van der Waals surface area contributed by atoms with Crippen molar-refractivity contribution >= 4 is 17.5 Å². The number of carbonyl (C=O) groups excluding carboxylic acids is 2. The Morgan fingerprint density at radius 1 is 1.08 bits per heavy atom. The molecule has 39 heavy (non-hydrogen) atoms. The van der Waals surface area contributed by atoms with Gasteiger partial charge in [-0.05, 0) is 56.4 Å². The molecule has 1 aromatic heterocycles. The van der Waals surface area contributed by atoms with Crippen LogP contribution in [0, 0.1) is 11.5 Å². The highest BCUT2D eigenvalue weighted by Gasteiger charge is 2.53. The van der Waals surface area contributed by atoms with Crippen molar-refractivity contribution in [2.45, 2.75) is 81.8 Å². The highest BCUT2D eigenvalue weighted by atomic mass is 19.4. The number of alkyl halides is 4. The Bertz CT molecular complexity index is 1190. The first-order valence-corrected chi connectivity index (χ1v) is 13.1. The summed E-state index contributed by atoms with van der Waals surface area (Å²) in [4.78, 5) is 34.5. The molecule has 1 saturated heterocycles. The van der Waals surface area contributed by atoms with Gasteiger partial charge in [0.25, 0.3) is 5.91 Å². The summed E-state index contributed by atoms with van der Waals surface area (Å²) in [6.07, 6.45) is 5.43. The molecule has 2 aromatic rings. The summed E-state index contributed by atoms with van der Waals surface area (Å²) >= 11 is 0. The Balaban J connectivity index is 1.79. The Hall–Kier alpha value is -3.68. The first-order chi connectivity index (χ1) is 18.5. The lowest BCUT2D eigenvalue weighted by molar-refractivity contribution is -0.228. The minimum Gasteiger partial charge on any atom is -0.351 e. The van der Waals surface area contributed by atoms with E-state index in [9.17, 15) is 32.4 Å². The molecular formula is C28H31F4N5O2. The van der Waals surface area contributed by atoms with Crippen molar-refractivity contribution in [2.75, 3.05) is 11.4 Å². The van der Waals surface area contributed by atoms with E-state index in [0.717, 1.165) is 44.2 Å². The predicted octanol–water partition coefficient (Wildman–Crippen LogP) is 5.30. The first kappa shape index (κ1) is 28.3. The van der Waals surface area contributed by atoms with Crippen LogP contribution in [-0.2, 0) is 15.3 Å². The van der Waals surface area contributed by atoms with Crippen LogP contribution >= 0.6 is 0 Å². The van der Waals surface area contributed by atoms with Gasteiger partial charge in [-0.15, -0.1) is 0 Å². The lowest BCUT2D eigenvalue weighted by atomic mass is 9.94. The van der Waals surface area contributed by atoms with E-state index in [4.69, 9.17) is 0 Å². The van der Waals surface area contributed by atoms with Gasteiger partial charge in [0.1, 0.15) is 12.1 Å². The summed E-state index contributed by atoms with van der Waals surface area (Å²) < 4.78 is 54.7. The number of rotatable bonds is 7. The summed E-state index contributed by atoms with van der Waals surface area (Å²) in [5, 5.41) is 12.6. The molecule has 2 fully saturated rings. The maximum absolute atomic E-state index is 14.7. The molecule has 4 rings (SSSR count). The summed E-state index contributed by atoms with van der Waals surface area (Å²) in [5.41, 5.74) is -3.73. The Morgan fingerprint density at radius 3 is 2.36 bits per heavy atom. The predicted molar refractivity (Wildman–Crippen MR) is 136 cm³/mol. The molecule has 0 spiro atoms. The van der Waals surface area contributed by atoms with Crippen LogP contribution in [0.25, 0.3) is 0 Å². The van der Waals surface area contributed by atoms with E-state index in [1.165, 1.54) is 34.3 Å². The van der Waals surface area contributed by atoms with E-state index in [0.29, 0.717) is 31.9 Å². The van der Waals surface area contributed by atoms with Gasteiger partial charge in [0.05, 0.1) is 0 Å². The number of benzene rings is 1. The van der Waals surface area contributed by atoms with Crippen molar-refractivity contribution in [3.8, 4) is 6.19 Å². The smallest absolute Gasteiger partial charge is 0.351 e. The van der Waals surface area contributed by atoms with Gasteiger partial charge < -0.3 is 5.32 Å². The van der Waals surface area contributed by atoms with E-state index >= 15 is 0 Å². The fourth-order valence-corrected chi connectivity index (χ4v) is 5.29. The van der Waals surface area contributed by atoms with Crippen molar-refractivity contribution < 1.29 is 27.2 Å². The third kappa shape index (κ3) is 6.00. The van der Waals surface area contributed by atoms with Gasteiger partial charge in [0.15, 0.2) is 6.19 Å². The molecule has 0 bridgehead atoms. The van der Waals surface area contributed by atoms with Gasteiger partial charge in [-0.3, -0.25) is 24.4 Å². The van der Waals surface area contributed by atoms with Gasteiger partial charge in [0.2, 0.25) is 11.6 Å². The first-order valence-electron chi connectivity index (χ1n) is 13.1. The van der Waals surface area contributed by atoms with Crippen molar-refractivity contribution in [3.63, 3.8) is 0 Å². The van der Waals surface area contributed by atoms with Crippen LogP contribution < -0.4 is 10.2 Å². The van der Waals surface area contributed by atoms with Gasteiger partial charge in [-0.25, -0.2) is 4.39 Å². The standard InChI is InChI=1S/C28H31F4N5O2/c1-27(29,28(30,31)32)20-11-13-22(14-12-20)37(26(39)23-10-6-16-36(23)18-33)24(19-7-5-15-34-17-19)25(38)35-21-8-3-2-4-9-21/h5,7,11-15,17,21,23-24H,2-4,6,8-10,16H2,1H3,(H,35,38)/t23-,24?,27?/m1/s1. The molecule has 2 unspecified atom stereocenters. The number of carbonyl (C=O) groups is 2. The number of aromatic nitrogens is 1. The summed E-state index contributed by atoms with van der Waals surface area (Å²) in [6.45, 7) is 0.807. The number of hydrogen-bond donors (Lipinski definition) is 1. The zero-order valence-corrected chi connectivity index (χ0v) is 21.6. The average molecular weight is 546 g/mol. The second kappa shape index (κ2) is 11.6. The van der Waals surface area contributed by atoms with Crippen molar-refractivity contribution in [1.29, 1.82) is 5.26 Å². The zero-order valence-electron chi connectivity index (χ0n) is 21.6. The maximum Gasteiger partial charge on any atom is 0.426 e. The quantitative estimate of drug-likeness (QED) is 0.377. The lowest BCUT2D eigenvalue weighted by Crippen LogP contribution is -2.51. The van der Waals surface area contributed by atoms with E-state index in [1.54, 1.807) is 12.1 Å². The molecular weight excluding hydrogens is 514 g/mol. The van der Waals surface area contributed by atoms with Crippen LogP contribution in [-0.4, -0.2) is 46.5 Å². The third-order valence-electron chi connectivity index (χ3n) is 7.58. The number of amides is 2. The third-order valence-corrected chi connectivity index (χ3v) is 7.58. The van der Waals surface area contributed by atoms with Gasteiger partial charge in [0, 0.05) is 36.2 Å². The second-order valence-electron chi connectivity index (χ2n) is 10.2. The van der Waals surface area contributed by atoms with E-state index in [-0.39, 0.29) is 11.7 Å². The number of anilines is 1. The molecule has 1 aromatic carbocycles. The van der Waals surface area contributed by atoms with E-state index < -0.39 is 41.3 Å². The molecule has 1 N–H and O–H groups in total. The molecule has 1 aliphatic carbocycles. The number of hydrogen-bond acceptors (Lipinski definition) is 5. The van der Waals surface area contributed by atoms with Gasteiger partial charge in [-0.2, -0.15) is 18.4 Å². The average Bonchev–Trinajstić information content (AvgIpc) is 3.41. The summed E-state index contributed by atoms with van der Waals surface area (Å²) in [7, 11) is 0. The Kier molecular flexibility index (Phi) is 8.42. The molecule has 11 heteroatoms. The minimum absolute atomic E-state index is 0.0779. The molecule has 208 valence electrons. The summed E-state index contributed by atoms with van der Waals surface area (Å²) in [6, 6.07) is 5.49. The topological polar surface area (TPSA) is 89.3 Å². The van der Waals surface area contributed by atoms with Gasteiger partial charge in [-0.1, -0.05) is 37.5 Å². The van der Waals surface area contributed by atoms with Crippen LogP contribution in [0.3, 0.4) is 0 Å². The summed E-state index contributed by atoms with van der Waals surface area (Å²) in [5.74, 6) is -1.01. The number of nitrogens with zero attached hydrogens (tertiary/aromatic N) is 4. The molecule has 2 heterocycles. The largest absolute Gasteiger partial charge is 0.426 e. The highest BCUT2D eigenvalue weighted by Crippen LogP contribution is 2.43. The number of nitrogens with one attached hydrogen (secondary N) is 1. The molecule has 0 radical (unpaired) electrons. The second-order valence-corrected chi connectivity index (χ2v) is 10.2. The van der Waals surface area contributed by atoms with Crippen LogP contribution in [0.15, 0.2) is 48.8 Å². The van der Waals surface area contributed by atoms with E-state index in [1.807, 2.05) is 6.19 Å². The fourth-order valence-electron chi connectivity index (χ4n) is 5.29. The Morgan fingerprint density at radius 2 is 1.77 bits per heavy atom. The maximum atomic E-state index is 14.7. The number of likely N-dealkylation sites (tertiary alicyclic amines) is 1. The minimum atomic E-state index is -5.14. The van der Waals surface area contributed by atoms with Crippen LogP contribution in [0.4, 0.5) is 23.2 Å². The molecule has 2 amide bonds. The van der Waals surface area contributed by atoms with Crippen LogP contribution in [0.2, 0.25) is 0 Å². The molecule has 2 aliphatic rings. The normalized spacial score (nSPS) is 20.5. The molecule has 3 atom stereocenters. The van der Waals surface area contributed by atoms with Crippen molar-refractivity contribution in [1.82, 2.24) is 15.2 Å². The number of nitriles is 1. The molecule has 7 nitrogen and oxygen atoms in total. The Labute approximate surface area is 224 Å². The zero-order chi connectivity index (χ0) is 28.2. The van der Waals surface area contributed by atoms with Crippen molar-refractivity contribution in [3.05, 3.63) is 59.9 Å². The van der Waals surface area contributed by atoms with Crippen LogP contribution in [0.1, 0.15) is 69.0 Å². The van der Waals surface area contributed by atoms with E-state index in [2.05, 4.69) is 10.3 Å².